The number of carbonyl (C=O) groups excluding carboxylic acids is 2. The molecule has 2 aliphatic rings. The third-order valence-electron chi connectivity index (χ3n) is 5.31. The smallest absolute Gasteiger partial charge is 0.315 e. The number of aliphatic hydroxyl groups is 1. The van der Waals surface area contributed by atoms with Gasteiger partial charge in [-0.1, -0.05) is 24.3 Å². The van der Waals surface area contributed by atoms with Crippen LogP contribution in [0.1, 0.15) is 24.0 Å². The van der Waals surface area contributed by atoms with E-state index in [9.17, 15) is 19.5 Å². The summed E-state index contributed by atoms with van der Waals surface area (Å²) >= 11 is 0. The summed E-state index contributed by atoms with van der Waals surface area (Å²) in [6.45, 7) is 0.296. The quantitative estimate of drug-likeness (QED) is 0.612. The van der Waals surface area contributed by atoms with Gasteiger partial charge >= 0.3 is 5.97 Å². The van der Waals surface area contributed by atoms with Gasteiger partial charge in [0.05, 0.1) is 0 Å². The average molecular weight is 372 g/mol. The maximum absolute atomic E-state index is 12.9. The molecule has 1 aliphatic heterocycles. The fraction of sp³-hybridized carbons (Fsp3) is 0.450. The summed E-state index contributed by atoms with van der Waals surface area (Å²) in [4.78, 5) is 38.6. The lowest BCUT2D eigenvalue weighted by molar-refractivity contribution is -0.151. The number of carboxylic acid groups (broad SMARTS) is 1. The Morgan fingerprint density at radius 3 is 2.59 bits per heavy atom. The molecular weight excluding hydrogens is 348 g/mol. The molecule has 0 aromatic heterocycles. The zero-order valence-electron chi connectivity index (χ0n) is 15.3. The zero-order chi connectivity index (χ0) is 19.6. The number of amides is 2. The van der Waals surface area contributed by atoms with Crippen molar-refractivity contribution in [2.45, 2.75) is 25.8 Å². The van der Waals surface area contributed by atoms with Crippen molar-refractivity contribution in [3.63, 3.8) is 0 Å². The van der Waals surface area contributed by atoms with E-state index in [0.717, 1.165) is 24.0 Å². The van der Waals surface area contributed by atoms with Crippen molar-refractivity contribution in [3.05, 3.63) is 47.0 Å². The van der Waals surface area contributed by atoms with E-state index in [-0.39, 0.29) is 31.2 Å². The number of nitrogens with one attached hydrogen (secondary N) is 1. The average Bonchev–Trinajstić information content (AvgIpc) is 3.49. The van der Waals surface area contributed by atoms with Crippen LogP contribution in [0.2, 0.25) is 0 Å². The van der Waals surface area contributed by atoms with Gasteiger partial charge in [-0.3, -0.25) is 14.4 Å². The fourth-order valence-electron chi connectivity index (χ4n) is 3.73. The minimum absolute atomic E-state index is 0.0272. The Bertz CT molecular complexity index is 799. The van der Waals surface area contributed by atoms with Crippen LogP contribution in [0.3, 0.4) is 0 Å². The third-order valence-corrected chi connectivity index (χ3v) is 5.31. The SMILES string of the molecule is CNC(=O)C1=CC(C(=O)O)(C2CC2)CN(Cc2cccc(CCO)c2)C1=O. The van der Waals surface area contributed by atoms with Gasteiger partial charge in [0.1, 0.15) is 11.0 Å². The van der Waals surface area contributed by atoms with Crippen LogP contribution < -0.4 is 5.32 Å². The molecule has 7 heteroatoms. The second-order valence-electron chi connectivity index (χ2n) is 7.21. The van der Waals surface area contributed by atoms with Gasteiger partial charge in [0.25, 0.3) is 11.8 Å². The first-order valence-corrected chi connectivity index (χ1v) is 9.07. The molecule has 1 heterocycles. The molecule has 0 saturated heterocycles. The molecule has 27 heavy (non-hydrogen) atoms. The number of hydrogen-bond acceptors (Lipinski definition) is 4. The van der Waals surface area contributed by atoms with Crippen LogP contribution in [0.5, 0.6) is 0 Å². The predicted octanol–water partition coefficient (Wildman–Crippen LogP) is 0.717. The summed E-state index contributed by atoms with van der Waals surface area (Å²) in [7, 11) is 1.42. The standard InChI is InChI=1S/C20H24N2O5/c1-21-17(24)16-10-20(19(26)27,15-5-6-15)12-22(18(16)25)11-14-4-2-3-13(9-14)7-8-23/h2-4,9-10,15,23H,5-8,11-12H2,1H3,(H,21,24)(H,26,27). The van der Waals surface area contributed by atoms with E-state index in [1.807, 2.05) is 24.3 Å². The third kappa shape index (κ3) is 3.73. The molecule has 0 radical (unpaired) electrons. The molecule has 1 aromatic rings. The van der Waals surface area contributed by atoms with Gasteiger partial charge in [-0.25, -0.2) is 0 Å². The molecule has 1 saturated carbocycles. The molecule has 1 unspecified atom stereocenters. The van der Waals surface area contributed by atoms with Crippen LogP contribution >= 0.6 is 0 Å². The largest absolute Gasteiger partial charge is 0.481 e. The topological polar surface area (TPSA) is 107 Å². The monoisotopic (exact) mass is 372 g/mol. The van der Waals surface area contributed by atoms with E-state index >= 15 is 0 Å². The number of carbonyl (C=O) groups is 3. The molecule has 1 atom stereocenters. The molecule has 1 aliphatic carbocycles. The maximum atomic E-state index is 12.9. The molecule has 2 amide bonds. The highest BCUT2D eigenvalue weighted by Crippen LogP contribution is 2.49. The second-order valence-corrected chi connectivity index (χ2v) is 7.21. The lowest BCUT2D eigenvalue weighted by Crippen LogP contribution is -2.52. The molecule has 7 nitrogen and oxygen atoms in total. The molecule has 3 rings (SSSR count). The highest BCUT2D eigenvalue weighted by Gasteiger charge is 2.54. The van der Waals surface area contributed by atoms with Gasteiger partial charge in [-0.2, -0.15) is 0 Å². The lowest BCUT2D eigenvalue weighted by atomic mass is 9.77. The first kappa shape index (κ1) is 19.1. The Morgan fingerprint density at radius 1 is 1.30 bits per heavy atom. The minimum Gasteiger partial charge on any atom is -0.481 e. The highest BCUT2D eigenvalue weighted by molar-refractivity contribution is 6.19. The van der Waals surface area contributed by atoms with Crippen molar-refractivity contribution >= 4 is 17.8 Å². The van der Waals surface area contributed by atoms with Crippen LogP contribution in [0.15, 0.2) is 35.9 Å². The molecule has 0 bridgehead atoms. The summed E-state index contributed by atoms with van der Waals surface area (Å²) in [6.07, 6.45) is 3.43. The van der Waals surface area contributed by atoms with Crippen LogP contribution in [0.25, 0.3) is 0 Å². The van der Waals surface area contributed by atoms with Crippen LogP contribution in [-0.4, -0.2) is 53.1 Å². The van der Waals surface area contributed by atoms with Gasteiger partial charge in [-0.15, -0.1) is 0 Å². The number of rotatable bonds is 7. The molecule has 3 N–H and O–H groups in total. The highest BCUT2D eigenvalue weighted by atomic mass is 16.4. The van der Waals surface area contributed by atoms with Gasteiger partial charge in [0.15, 0.2) is 0 Å². The summed E-state index contributed by atoms with van der Waals surface area (Å²) in [5, 5.41) is 21.5. The predicted molar refractivity (Wildman–Crippen MR) is 97.6 cm³/mol. The van der Waals surface area contributed by atoms with Crippen molar-refractivity contribution in [1.29, 1.82) is 0 Å². The fourth-order valence-corrected chi connectivity index (χ4v) is 3.73. The number of nitrogens with zero attached hydrogens (tertiary/aromatic N) is 1. The first-order valence-electron chi connectivity index (χ1n) is 9.07. The number of likely N-dealkylation sites (N-methyl/N-ethyl adjacent to an activating group) is 1. The Morgan fingerprint density at radius 2 is 2.00 bits per heavy atom. The summed E-state index contributed by atoms with van der Waals surface area (Å²) in [5.74, 6) is -2.09. The molecular formula is C20H24N2O5. The molecule has 144 valence electrons. The zero-order valence-corrected chi connectivity index (χ0v) is 15.3. The van der Waals surface area contributed by atoms with Gasteiger partial charge in [-0.05, 0) is 42.4 Å². The Hall–Kier alpha value is -2.67. The number of aliphatic carboxylic acids is 1. The van der Waals surface area contributed by atoms with E-state index in [1.165, 1.54) is 18.0 Å². The maximum Gasteiger partial charge on any atom is 0.315 e. The van der Waals surface area contributed by atoms with Gasteiger partial charge in [0, 0.05) is 26.7 Å². The van der Waals surface area contributed by atoms with Crippen molar-refractivity contribution in [2.75, 3.05) is 20.2 Å². The van der Waals surface area contributed by atoms with Gasteiger partial charge in [0.2, 0.25) is 0 Å². The minimum atomic E-state index is -1.22. The normalized spacial score (nSPS) is 22.4. The van der Waals surface area contributed by atoms with E-state index in [0.29, 0.717) is 6.42 Å². The second kappa shape index (κ2) is 7.52. The number of aliphatic hydroxyl groups excluding tert-OH is 1. The Labute approximate surface area is 157 Å². The van der Waals surface area contributed by atoms with Crippen molar-refractivity contribution in [3.8, 4) is 0 Å². The lowest BCUT2D eigenvalue weighted by Gasteiger charge is -2.38. The molecule has 1 fully saturated rings. The number of carboxylic acids is 1. The van der Waals surface area contributed by atoms with Crippen LogP contribution in [0.4, 0.5) is 0 Å². The number of benzene rings is 1. The summed E-state index contributed by atoms with van der Waals surface area (Å²) in [5.41, 5.74) is 0.443. The van der Waals surface area contributed by atoms with Crippen molar-refractivity contribution in [1.82, 2.24) is 10.2 Å². The van der Waals surface area contributed by atoms with Crippen molar-refractivity contribution in [2.24, 2.45) is 11.3 Å². The Kier molecular flexibility index (Phi) is 5.32. The summed E-state index contributed by atoms with van der Waals surface area (Å²) in [6, 6.07) is 7.47. The van der Waals surface area contributed by atoms with E-state index < -0.39 is 23.2 Å². The van der Waals surface area contributed by atoms with Crippen LogP contribution in [-0.2, 0) is 27.3 Å². The first-order chi connectivity index (χ1) is 12.9. The molecule has 0 spiro atoms. The Balaban J connectivity index is 1.94. The van der Waals surface area contributed by atoms with Crippen molar-refractivity contribution < 1.29 is 24.6 Å². The molecule has 1 aromatic carbocycles. The van der Waals surface area contributed by atoms with E-state index in [2.05, 4.69) is 5.32 Å². The van der Waals surface area contributed by atoms with Crippen LogP contribution in [0, 0.1) is 11.3 Å². The number of hydrogen-bond donors (Lipinski definition) is 3. The van der Waals surface area contributed by atoms with Gasteiger partial charge < -0.3 is 20.4 Å². The van der Waals surface area contributed by atoms with E-state index in [4.69, 9.17) is 5.11 Å². The summed E-state index contributed by atoms with van der Waals surface area (Å²) < 4.78 is 0. The van der Waals surface area contributed by atoms with E-state index in [1.54, 1.807) is 0 Å².